The molecule has 0 amide bonds. The number of halogens is 3. The number of ether oxygens (including phenoxy) is 1. The largest absolute Gasteiger partial charge is 0.490 e. The van der Waals surface area contributed by atoms with Gasteiger partial charge in [-0.3, -0.25) is 4.90 Å². The molecule has 0 aromatic heterocycles. The van der Waals surface area contributed by atoms with Crippen molar-refractivity contribution >= 4 is 16.0 Å². The van der Waals surface area contributed by atoms with Crippen LogP contribution in [0.15, 0.2) is 24.3 Å². The van der Waals surface area contributed by atoms with Crippen molar-refractivity contribution in [2.24, 2.45) is 5.92 Å². The van der Waals surface area contributed by atoms with Gasteiger partial charge in [-0.1, -0.05) is 24.3 Å². The van der Waals surface area contributed by atoms with Gasteiger partial charge in [0.25, 0.3) is 0 Å². The lowest BCUT2D eigenvalue weighted by molar-refractivity contribution is -0.192. The van der Waals surface area contributed by atoms with E-state index in [1.165, 1.54) is 11.1 Å². The molecule has 0 radical (unpaired) electrons. The van der Waals surface area contributed by atoms with Crippen LogP contribution in [-0.2, 0) is 19.6 Å². The summed E-state index contributed by atoms with van der Waals surface area (Å²) < 4.78 is 63.6. The minimum Gasteiger partial charge on any atom is -0.475 e. The zero-order valence-corrected chi connectivity index (χ0v) is 17.3. The number of hydrogen-bond donors (Lipinski definition) is 1. The molecule has 0 spiro atoms. The van der Waals surface area contributed by atoms with Crippen LogP contribution >= 0.6 is 0 Å². The summed E-state index contributed by atoms with van der Waals surface area (Å²) in [4.78, 5) is 11.4. The molecular weight excluding hydrogens is 425 g/mol. The third kappa shape index (κ3) is 4.63. The average molecular weight is 450 g/mol. The van der Waals surface area contributed by atoms with Gasteiger partial charge in [-0.25, -0.2) is 17.5 Å². The molecule has 1 aromatic rings. The van der Waals surface area contributed by atoms with E-state index in [2.05, 4.69) is 29.2 Å². The second-order valence-electron chi connectivity index (χ2n) is 7.51. The molecule has 11 heteroatoms. The van der Waals surface area contributed by atoms with E-state index in [-0.39, 0.29) is 5.75 Å². The third-order valence-corrected chi connectivity index (χ3v) is 7.71. The van der Waals surface area contributed by atoms with Crippen molar-refractivity contribution in [3.8, 4) is 0 Å². The van der Waals surface area contributed by atoms with Crippen molar-refractivity contribution in [1.29, 1.82) is 0 Å². The third-order valence-electron chi connectivity index (χ3n) is 5.89. The Bertz CT molecular complexity index is 871. The maximum atomic E-state index is 12.3. The number of nitrogens with zero attached hydrogens (tertiary/aromatic N) is 2. The number of benzene rings is 1. The fourth-order valence-electron chi connectivity index (χ4n) is 4.52. The molecule has 1 N–H and O–H groups in total. The lowest BCUT2D eigenvalue weighted by Gasteiger charge is -2.36. The number of carbonyl (C=O) groups is 1. The molecule has 0 unspecified atom stereocenters. The van der Waals surface area contributed by atoms with Crippen molar-refractivity contribution in [2.75, 3.05) is 45.1 Å². The summed E-state index contributed by atoms with van der Waals surface area (Å²) in [7, 11) is -3.11. The van der Waals surface area contributed by atoms with Gasteiger partial charge < -0.3 is 9.84 Å². The Morgan fingerprint density at radius 2 is 1.73 bits per heavy atom. The number of morpholine rings is 1. The van der Waals surface area contributed by atoms with Crippen molar-refractivity contribution in [1.82, 2.24) is 9.21 Å². The number of aliphatic carboxylic acids is 1. The summed E-state index contributed by atoms with van der Waals surface area (Å²) in [5.74, 6) is -1.87. The smallest absolute Gasteiger partial charge is 0.475 e. The Balaban J connectivity index is 0.000000318. The molecule has 3 atom stereocenters. The maximum Gasteiger partial charge on any atom is 0.490 e. The molecule has 2 saturated heterocycles. The van der Waals surface area contributed by atoms with Crippen LogP contribution in [0.4, 0.5) is 13.2 Å². The number of alkyl halides is 3. The van der Waals surface area contributed by atoms with Crippen LogP contribution in [0.5, 0.6) is 0 Å². The molecule has 0 bridgehead atoms. The zero-order valence-electron chi connectivity index (χ0n) is 16.5. The molecule has 1 aliphatic carbocycles. The molecule has 4 rings (SSSR count). The van der Waals surface area contributed by atoms with Gasteiger partial charge in [0.1, 0.15) is 0 Å². The van der Waals surface area contributed by atoms with E-state index in [4.69, 9.17) is 14.6 Å². The van der Waals surface area contributed by atoms with Gasteiger partial charge in [0.05, 0.1) is 19.0 Å². The molecule has 1 aromatic carbocycles. The quantitative estimate of drug-likeness (QED) is 0.759. The number of sulfonamides is 1. The molecule has 30 heavy (non-hydrogen) atoms. The standard InChI is InChI=1S/C17H24N2O3S.C2HF3O2/c1-2-23(20,21)19-11-15-13-5-3-4-6-14(13)17(16(15)12-19)18-7-9-22-10-8-18;3-2(4,5)1(6)7/h3-6,15-17H,2,7-12H2,1H3;(H,6,7)/t15-,16-,17-;/m0./s1. The van der Waals surface area contributed by atoms with Gasteiger partial charge in [-0.2, -0.15) is 13.2 Å². The minimum absolute atomic E-state index is 0.191. The number of rotatable bonds is 3. The van der Waals surface area contributed by atoms with E-state index >= 15 is 0 Å². The first-order valence-corrected chi connectivity index (χ1v) is 11.4. The van der Waals surface area contributed by atoms with Crippen LogP contribution in [0.3, 0.4) is 0 Å². The molecule has 2 fully saturated rings. The van der Waals surface area contributed by atoms with E-state index in [9.17, 15) is 21.6 Å². The summed E-state index contributed by atoms with van der Waals surface area (Å²) in [6, 6.07) is 8.93. The highest BCUT2D eigenvalue weighted by atomic mass is 32.2. The van der Waals surface area contributed by atoms with E-state index < -0.39 is 22.2 Å². The highest BCUT2D eigenvalue weighted by molar-refractivity contribution is 7.89. The molecule has 2 heterocycles. The van der Waals surface area contributed by atoms with Gasteiger partial charge in [-0.15, -0.1) is 0 Å². The van der Waals surface area contributed by atoms with Gasteiger partial charge in [0.15, 0.2) is 0 Å². The second kappa shape index (κ2) is 8.81. The zero-order chi connectivity index (χ0) is 22.1. The molecule has 168 valence electrons. The van der Waals surface area contributed by atoms with Gasteiger partial charge in [0, 0.05) is 44.1 Å². The van der Waals surface area contributed by atoms with E-state index in [1.54, 1.807) is 11.2 Å². The number of hydrogen-bond acceptors (Lipinski definition) is 5. The lowest BCUT2D eigenvalue weighted by atomic mass is 9.93. The summed E-state index contributed by atoms with van der Waals surface area (Å²) in [6.45, 7) is 6.43. The first-order valence-electron chi connectivity index (χ1n) is 9.74. The topological polar surface area (TPSA) is 87.2 Å². The first-order chi connectivity index (χ1) is 14.1. The Hall–Kier alpha value is -1.69. The van der Waals surface area contributed by atoms with Crippen LogP contribution in [0, 0.1) is 5.92 Å². The Morgan fingerprint density at radius 3 is 2.27 bits per heavy atom. The second-order valence-corrected chi connectivity index (χ2v) is 9.77. The van der Waals surface area contributed by atoms with Gasteiger partial charge in [0.2, 0.25) is 10.0 Å². The molecular formula is C19H25F3N2O5S. The van der Waals surface area contributed by atoms with Crippen LogP contribution in [0.2, 0.25) is 0 Å². The van der Waals surface area contributed by atoms with Crippen molar-refractivity contribution < 1.29 is 36.2 Å². The van der Waals surface area contributed by atoms with E-state index in [0.29, 0.717) is 31.0 Å². The average Bonchev–Trinajstić information content (AvgIpc) is 3.26. The Kier molecular flexibility index (Phi) is 6.75. The summed E-state index contributed by atoms with van der Waals surface area (Å²) in [6.07, 6.45) is -5.08. The molecule has 2 aliphatic heterocycles. The fourth-order valence-corrected chi connectivity index (χ4v) is 5.67. The Labute approximate surface area is 173 Å². The molecule has 0 saturated carbocycles. The fraction of sp³-hybridized carbons (Fsp3) is 0.632. The van der Waals surface area contributed by atoms with Crippen LogP contribution < -0.4 is 0 Å². The highest BCUT2D eigenvalue weighted by Crippen LogP contribution is 2.52. The monoisotopic (exact) mass is 450 g/mol. The van der Waals surface area contributed by atoms with Gasteiger partial charge >= 0.3 is 12.1 Å². The van der Waals surface area contributed by atoms with E-state index in [0.717, 1.165) is 26.3 Å². The maximum absolute atomic E-state index is 12.3. The minimum atomic E-state index is -5.08. The highest BCUT2D eigenvalue weighted by Gasteiger charge is 2.50. The predicted molar refractivity (Wildman–Crippen MR) is 103 cm³/mol. The first kappa shape index (κ1) is 23.0. The lowest BCUT2D eigenvalue weighted by Crippen LogP contribution is -2.42. The van der Waals surface area contributed by atoms with Crippen LogP contribution in [0.25, 0.3) is 0 Å². The number of fused-ring (bicyclic) bond motifs is 3. The summed E-state index contributed by atoms with van der Waals surface area (Å²) in [5.41, 5.74) is 2.75. The number of carboxylic acids is 1. The summed E-state index contributed by atoms with van der Waals surface area (Å²) >= 11 is 0. The SMILES string of the molecule is CCS(=O)(=O)N1C[C@H]2[C@@H](C1)c1ccccc1[C@@H]2N1CCOCC1.O=C(O)C(F)(F)F. The Morgan fingerprint density at radius 1 is 1.17 bits per heavy atom. The van der Waals surface area contributed by atoms with Crippen molar-refractivity contribution in [3.05, 3.63) is 35.4 Å². The normalized spacial score (nSPS) is 27.1. The molecule has 7 nitrogen and oxygen atoms in total. The van der Waals surface area contributed by atoms with Gasteiger partial charge in [-0.05, 0) is 18.1 Å². The van der Waals surface area contributed by atoms with Crippen molar-refractivity contribution in [2.45, 2.75) is 25.1 Å². The predicted octanol–water partition coefficient (Wildman–Crippen LogP) is 2.07. The van der Waals surface area contributed by atoms with E-state index in [1.807, 2.05) is 0 Å². The summed E-state index contributed by atoms with van der Waals surface area (Å²) in [5, 5.41) is 7.12. The molecule has 3 aliphatic rings. The van der Waals surface area contributed by atoms with Crippen LogP contribution in [0.1, 0.15) is 30.0 Å². The van der Waals surface area contributed by atoms with Crippen molar-refractivity contribution in [3.63, 3.8) is 0 Å². The number of carboxylic acid groups (broad SMARTS) is 1. The van der Waals surface area contributed by atoms with Crippen LogP contribution in [-0.4, -0.2) is 80.0 Å².